The first-order valence-electron chi connectivity index (χ1n) is 17.5. The molecule has 2 spiro atoms. The Bertz CT molecular complexity index is 1070. The van der Waals surface area contributed by atoms with Crippen molar-refractivity contribution in [3.63, 3.8) is 0 Å². The Morgan fingerprint density at radius 2 is 1.09 bits per heavy atom. The van der Waals surface area contributed by atoms with Gasteiger partial charge in [0, 0.05) is 24.7 Å². The van der Waals surface area contributed by atoms with Gasteiger partial charge in [0.2, 0.25) is 11.6 Å². The van der Waals surface area contributed by atoms with E-state index in [-0.39, 0.29) is 47.7 Å². The van der Waals surface area contributed by atoms with E-state index in [1.807, 2.05) is 13.8 Å². The van der Waals surface area contributed by atoms with Crippen molar-refractivity contribution < 1.29 is 48.4 Å². The molecule has 0 aromatic heterocycles. The van der Waals surface area contributed by atoms with E-state index < -0.39 is 47.2 Å². The predicted octanol–water partition coefficient (Wildman–Crippen LogP) is 5.97. The lowest BCUT2D eigenvalue weighted by Crippen LogP contribution is -2.70. The fourth-order valence-corrected chi connectivity index (χ4v) is 11.4. The minimum Gasteiger partial charge on any atom is -0.481 e. The maximum Gasteiger partial charge on any atom is 0.306 e. The summed E-state index contributed by atoms with van der Waals surface area (Å²) in [6.07, 6.45) is 6.75. The smallest absolute Gasteiger partial charge is 0.306 e. The maximum atomic E-state index is 12.9. The van der Waals surface area contributed by atoms with Gasteiger partial charge in [0.15, 0.2) is 23.8 Å². The number of carbonyl (C=O) groups is 1. The minimum atomic E-state index is -0.855. The number of ether oxygens (including phenoxy) is 4. The van der Waals surface area contributed by atoms with Gasteiger partial charge < -0.3 is 24.1 Å². The van der Waals surface area contributed by atoms with Gasteiger partial charge in [-0.05, 0) is 101 Å². The van der Waals surface area contributed by atoms with Gasteiger partial charge in [-0.1, -0.05) is 27.7 Å². The van der Waals surface area contributed by atoms with Crippen LogP contribution >= 0.6 is 0 Å². The van der Waals surface area contributed by atoms with Crippen molar-refractivity contribution in [2.75, 3.05) is 0 Å². The van der Waals surface area contributed by atoms with Crippen LogP contribution in [-0.2, 0) is 43.3 Å². The number of carboxylic acid groups (broad SMARTS) is 1. The SMILES string of the molecule is C[C@H]1[C@@H](CC(CC2O[C@@H]3O[C@@]4(C)CCC5[C@H](C)CC[C@@H]([C@H]2C)[C@]53OO4)C(=O)O)O[C@@H]2O[C@@]3(C)CCC4[C@H](C)CC[C@@H]1[C@]42OO3. The number of carboxylic acids is 1. The molecular weight excluding hydrogens is 568 g/mol. The standard InChI is InChI=1S/C34H52O10/c1-17-7-9-24-19(3)26(37-29-33(24)22(17)11-13-31(5,39-29)41-43-33)15-21(28(35)36)16-27-20(4)25-10-8-18(2)23-12-14-32(6)40-30(38-27)34(23,25)44-42-32/h17-27,29-30H,7-16H2,1-6H3,(H,35,36)/t17-,18-,19-,20-,21?,22?,23?,24+,25+,26-,27?,29-,30-,31-,32-,33-,34-/m1/s1. The first-order chi connectivity index (χ1) is 20.9. The summed E-state index contributed by atoms with van der Waals surface area (Å²) in [5.41, 5.74) is -1.30. The quantitative estimate of drug-likeness (QED) is 0.369. The lowest BCUT2D eigenvalue weighted by atomic mass is 9.56. The molecule has 2 aliphatic carbocycles. The molecule has 0 aromatic rings. The third-order valence-electron chi connectivity index (χ3n) is 14.0. The van der Waals surface area contributed by atoms with E-state index in [9.17, 15) is 9.90 Å². The summed E-state index contributed by atoms with van der Waals surface area (Å²) in [5.74, 6) is -1.11. The summed E-state index contributed by atoms with van der Waals surface area (Å²) in [6, 6.07) is 0. The van der Waals surface area contributed by atoms with Crippen LogP contribution in [0.25, 0.3) is 0 Å². The highest BCUT2D eigenvalue weighted by atomic mass is 17.3. The van der Waals surface area contributed by atoms with Crippen LogP contribution in [0.1, 0.15) is 106 Å². The molecule has 4 bridgehead atoms. The zero-order valence-corrected chi connectivity index (χ0v) is 27.2. The fraction of sp³-hybridized carbons (Fsp3) is 0.971. The van der Waals surface area contributed by atoms with Crippen LogP contribution in [-0.4, -0.2) is 58.6 Å². The summed E-state index contributed by atoms with van der Waals surface area (Å²) in [4.78, 5) is 37.5. The van der Waals surface area contributed by atoms with Crippen molar-refractivity contribution in [3.05, 3.63) is 0 Å². The Balaban J connectivity index is 1.04. The molecule has 10 heteroatoms. The lowest BCUT2D eigenvalue weighted by Gasteiger charge is -2.61. The van der Waals surface area contributed by atoms with Crippen molar-refractivity contribution in [2.45, 2.75) is 153 Å². The highest BCUT2D eigenvalue weighted by molar-refractivity contribution is 5.70. The molecule has 10 nitrogen and oxygen atoms in total. The third-order valence-corrected chi connectivity index (χ3v) is 14.0. The summed E-state index contributed by atoms with van der Waals surface area (Å²) >= 11 is 0. The second-order valence-electron chi connectivity index (χ2n) is 16.4. The molecule has 44 heavy (non-hydrogen) atoms. The molecule has 0 radical (unpaired) electrons. The molecule has 0 aromatic carbocycles. The van der Waals surface area contributed by atoms with Crippen molar-refractivity contribution in [1.29, 1.82) is 0 Å². The molecule has 10 aliphatic rings. The Morgan fingerprint density at radius 1 is 0.659 bits per heavy atom. The van der Waals surface area contributed by atoms with Crippen LogP contribution < -0.4 is 0 Å². The van der Waals surface area contributed by atoms with Crippen molar-refractivity contribution in [2.24, 2.45) is 53.3 Å². The van der Waals surface area contributed by atoms with Crippen LogP contribution in [0.3, 0.4) is 0 Å². The molecule has 0 amide bonds. The number of aliphatic carboxylic acids is 1. The lowest BCUT2D eigenvalue weighted by molar-refractivity contribution is -0.571. The molecular formula is C34H52O10. The monoisotopic (exact) mass is 620 g/mol. The molecule has 10 fully saturated rings. The van der Waals surface area contributed by atoms with E-state index in [0.717, 1.165) is 51.4 Å². The van der Waals surface area contributed by atoms with Crippen molar-refractivity contribution in [1.82, 2.24) is 0 Å². The van der Waals surface area contributed by atoms with E-state index in [2.05, 4.69) is 27.7 Å². The highest BCUT2D eigenvalue weighted by Gasteiger charge is 2.71. The van der Waals surface area contributed by atoms with Gasteiger partial charge >= 0.3 is 5.97 Å². The van der Waals surface area contributed by atoms with Crippen LogP contribution in [0, 0.1) is 53.3 Å². The number of fused-ring (bicyclic) bond motifs is 4. The Morgan fingerprint density at radius 3 is 1.50 bits per heavy atom. The third kappa shape index (κ3) is 4.24. The summed E-state index contributed by atoms with van der Waals surface area (Å²) in [5, 5.41) is 10.6. The Hall–Kier alpha value is -0.850. The molecule has 1 N–H and O–H groups in total. The van der Waals surface area contributed by atoms with E-state index in [0.29, 0.717) is 24.7 Å². The number of hydrogen-bond acceptors (Lipinski definition) is 9. The van der Waals surface area contributed by atoms with Gasteiger partial charge in [-0.15, -0.1) is 0 Å². The maximum absolute atomic E-state index is 12.9. The van der Waals surface area contributed by atoms with Gasteiger partial charge in [0.25, 0.3) is 0 Å². The van der Waals surface area contributed by atoms with Crippen LogP contribution in [0.15, 0.2) is 0 Å². The minimum absolute atomic E-state index is 0.0951. The van der Waals surface area contributed by atoms with E-state index in [4.69, 9.17) is 38.5 Å². The topological polar surface area (TPSA) is 111 Å². The number of rotatable bonds is 5. The zero-order chi connectivity index (χ0) is 30.8. The second kappa shape index (κ2) is 10.3. The second-order valence-corrected chi connectivity index (χ2v) is 16.4. The Kier molecular flexibility index (Phi) is 7.15. The molecule has 4 unspecified atom stereocenters. The first kappa shape index (κ1) is 30.5. The zero-order valence-electron chi connectivity index (χ0n) is 27.2. The van der Waals surface area contributed by atoms with Gasteiger partial charge in [-0.25, -0.2) is 19.6 Å². The number of hydrogen-bond donors (Lipinski definition) is 1. The van der Waals surface area contributed by atoms with Gasteiger partial charge in [0.1, 0.15) is 0 Å². The fourth-order valence-electron chi connectivity index (χ4n) is 11.4. The predicted molar refractivity (Wildman–Crippen MR) is 154 cm³/mol. The van der Waals surface area contributed by atoms with E-state index in [1.165, 1.54) is 0 Å². The van der Waals surface area contributed by atoms with Crippen molar-refractivity contribution in [3.8, 4) is 0 Å². The van der Waals surface area contributed by atoms with E-state index >= 15 is 0 Å². The van der Waals surface area contributed by atoms with Crippen LogP contribution in [0.4, 0.5) is 0 Å². The normalized spacial score (nSPS) is 58.3. The molecule has 2 saturated carbocycles. The summed E-state index contributed by atoms with van der Waals surface area (Å²) < 4.78 is 26.7. The van der Waals surface area contributed by atoms with Gasteiger partial charge in [-0.3, -0.25) is 4.79 Å². The molecule has 10 rings (SSSR count). The average molecular weight is 621 g/mol. The van der Waals surface area contributed by atoms with Crippen LogP contribution in [0.2, 0.25) is 0 Å². The molecule has 8 aliphatic heterocycles. The van der Waals surface area contributed by atoms with Crippen LogP contribution in [0.5, 0.6) is 0 Å². The largest absolute Gasteiger partial charge is 0.481 e. The van der Waals surface area contributed by atoms with Gasteiger partial charge in [0.05, 0.1) is 18.1 Å². The molecule has 8 saturated heterocycles. The van der Waals surface area contributed by atoms with Gasteiger partial charge in [-0.2, -0.15) is 0 Å². The molecule has 8 heterocycles. The highest BCUT2D eigenvalue weighted by Crippen LogP contribution is 2.63. The first-order valence-corrected chi connectivity index (χ1v) is 17.5. The molecule has 17 atom stereocenters. The molecule has 248 valence electrons. The summed E-state index contributed by atoms with van der Waals surface area (Å²) in [6.45, 7) is 12.9. The average Bonchev–Trinajstić information content (AvgIpc) is 3.35. The van der Waals surface area contributed by atoms with E-state index in [1.54, 1.807) is 0 Å². The summed E-state index contributed by atoms with van der Waals surface area (Å²) in [7, 11) is 0. The van der Waals surface area contributed by atoms with Crippen molar-refractivity contribution >= 4 is 5.97 Å². The Labute approximate surface area is 260 Å².